The first-order valence-electron chi connectivity index (χ1n) is 6.51. The molecule has 0 aliphatic heterocycles. The molecule has 0 spiro atoms. The molecular weight excluding hydrogens is 397 g/mol. The third-order valence-corrected chi connectivity index (χ3v) is 3.08. The first-order chi connectivity index (χ1) is 11.9. The van der Waals surface area contributed by atoms with Crippen molar-refractivity contribution in [2.75, 3.05) is 0 Å². The molecule has 0 saturated carbocycles. The van der Waals surface area contributed by atoms with Gasteiger partial charge in [-0.2, -0.15) is 13.2 Å². The Kier molecular flexibility index (Phi) is 5.36. The molecule has 0 bridgehead atoms. The van der Waals surface area contributed by atoms with Gasteiger partial charge in [0.15, 0.2) is 5.82 Å². The lowest BCUT2D eigenvalue weighted by atomic mass is 10.1. The summed E-state index contributed by atoms with van der Waals surface area (Å²) in [6, 6.07) is 4.66. The fourth-order valence-electron chi connectivity index (χ4n) is 1.88. The molecule has 0 N–H and O–H groups in total. The molecule has 2 aromatic carbocycles. The van der Waals surface area contributed by atoms with E-state index < -0.39 is 46.2 Å². The van der Waals surface area contributed by atoms with Gasteiger partial charge in [0.25, 0.3) is 5.24 Å². The Balaban J connectivity index is 2.35. The highest BCUT2D eigenvalue weighted by molar-refractivity contribution is 6.68. The molecule has 140 valence electrons. The maximum Gasteiger partial charge on any atom is 0.573 e. The smallest absolute Gasteiger partial charge is 0.456 e. The number of carbonyl (C=O) groups excluding carboxylic acids is 1. The standard InChI is InChI=1S/C15H6ClF7O3/c16-13(24)11-10(6-5-9(12(11)17)14(18,19)20)25-7-1-3-8(4-2-7)26-15(21,22)23/h1-6H. The largest absolute Gasteiger partial charge is 0.573 e. The van der Waals surface area contributed by atoms with E-state index in [0.29, 0.717) is 12.1 Å². The number of halogens is 8. The zero-order valence-corrected chi connectivity index (χ0v) is 13.0. The molecular formula is C15H6ClF7O3. The molecule has 0 atom stereocenters. The van der Waals surface area contributed by atoms with Crippen molar-refractivity contribution in [3.05, 3.63) is 53.3 Å². The Morgan fingerprint density at radius 2 is 1.42 bits per heavy atom. The Labute approximate surface area is 145 Å². The summed E-state index contributed by atoms with van der Waals surface area (Å²) in [7, 11) is 0. The maximum absolute atomic E-state index is 14.0. The average molecular weight is 403 g/mol. The van der Waals surface area contributed by atoms with E-state index in [4.69, 9.17) is 16.3 Å². The quantitative estimate of drug-likeness (QED) is 0.471. The van der Waals surface area contributed by atoms with Crippen LogP contribution in [0.15, 0.2) is 36.4 Å². The summed E-state index contributed by atoms with van der Waals surface area (Å²) in [4.78, 5) is 11.3. The number of alkyl halides is 6. The van der Waals surface area contributed by atoms with Crippen molar-refractivity contribution in [2.45, 2.75) is 12.5 Å². The third-order valence-electron chi connectivity index (χ3n) is 2.89. The van der Waals surface area contributed by atoms with Gasteiger partial charge >= 0.3 is 12.5 Å². The molecule has 0 aliphatic carbocycles. The predicted octanol–water partition coefficient (Wildman–Crippen LogP) is 5.91. The summed E-state index contributed by atoms with van der Waals surface area (Å²) in [5, 5.41) is -1.54. The summed E-state index contributed by atoms with van der Waals surface area (Å²) < 4.78 is 96.9. The zero-order valence-electron chi connectivity index (χ0n) is 12.2. The third kappa shape index (κ3) is 4.78. The lowest BCUT2D eigenvalue weighted by Gasteiger charge is -2.14. The highest BCUT2D eigenvalue weighted by Gasteiger charge is 2.37. The van der Waals surface area contributed by atoms with Crippen LogP contribution in [0.1, 0.15) is 15.9 Å². The Bertz CT molecular complexity index is 814. The van der Waals surface area contributed by atoms with E-state index in [1.807, 2.05) is 0 Å². The molecule has 0 amide bonds. The van der Waals surface area contributed by atoms with Crippen molar-refractivity contribution >= 4 is 16.8 Å². The molecule has 3 nitrogen and oxygen atoms in total. The molecule has 0 fully saturated rings. The molecule has 11 heteroatoms. The second-order valence-corrected chi connectivity index (χ2v) is 5.04. The van der Waals surface area contributed by atoms with Crippen LogP contribution in [0, 0.1) is 5.82 Å². The topological polar surface area (TPSA) is 35.5 Å². The molecule has 0 aromatic heterocycles. The second-order valence-electron chi connectivity index (χ2n) is 4.69. The number of rotatable bonds is 4. The number of carbonyl (C=O) groups is 1. The minimum absolute atomic E-state index is 0.196. The number of ether oxygens (including phenoxy) is 2. The van der Waals surface area contributed by atoms with E-state index in [9.17, 15) is 35.5 Å². The van der Waals surface area contributed by atoms with E-state index in [0.717, 1.165) is 24.3 Å². The van der Waals surface area contributed by atoms with Crippen LogP contribution in [0.4, 0.5) is 30.7 Å². The van der Waals surface area contributed by atoms with Gasteiger partial charge in [0.2, 0.25) is 0 Å². The minimum atomic E-state index is -5.07. The van der Waals surface area contributed by atoms with Crippen molar-refractivity contribution in [3.63, 3.8) is 0 Å². The van der Waals surface area contributed by atoms with E-state index in [-0.39, 0.29) is 5.75 Å². The number of benzene rings is 2. The molecule has 26 heavy (non-hydrogen) atoms. The van der Waals surface area contributed by atoms with Gasteiger partial charge in [0.05, 0.1) is 5.56 Å². The van der Waals surface area contributed by atoms with Crippen LogP contribution in [-0.2, 0) is 6.18 Å². The highest BCUT2D eigenvalue weighted by atomic mass is 35.5. The van der Waals surface area contributed by atoms with Crippen molar-refractivity contribution in [3.8, 4) is 17.2 Å². The van der Waals surface area contributed by atoms with Crippen LogP contribution in [-0.4, -0.2) is 11.6 Å². The van der Waals surface area contributed by atoms with Gasteiger partial charge in [-0.25, -0.2) is 4.39 Å². The van der Waals surface area contributed by atoms with Crippen LogP contribution in [0.5, 0.6) is 17.2 Å². The molecule has 2 aromatic rings. The van der Waals surface area contributed by atoms with Crippen LogP contribution in [0.3, 0.4) is 0 Å². The predicted molar refractivity (Wildman–Crippen MR) is 74.8 cm³/mol. The number of hydrogen-bond acceptors (Lipinski definition) is 3. The normalized spacial score (nSPS) is 12.0. The molecule has 2 rings (SSSR count). The van der Waals surface area contributed by atoms with Crippen LogP contribution < -0.4 is 9.47 Å². The maximum atomic E-state index is 14.0. The summed E-state index contributed by atoms with van der Waals surface area (Å²) in [5.74, 6) is -3.35. The molecule has 0 radical (unpaired) electrons. The molecule has 0 unspecified atom stereocenters. The lowest BCUT2D eigenvalue weighted by Crippen LogP contribution is -2.16. The van der Waals surface area contributed by atoms with E-state index >= 15 is 0 Å². The number of hydrogen-bond donors (Lipinski definition) is 0. The average Bonchev–Trinajstić information content (AvgIpc) is 2.46. The molecule has 0 aliphatic rings. The van der Waals surface area contributed by atoms with Crippen molar-refractivity contribution in [2.24, 2.45) is 0 Å². The van der Waals surface area contributed by atoms with E-state index in [2.05, 4.69) is 4.74 Å². The van der Waals surface area contributed by atoms with E-state index in [1.54, 1.807) is 0 Å². The zero-order chi connectivity index (χ0) is 19.7. The second kappa shape index (κ2) is 7.02. The van der Waals surface area contributed by atoms with Crippen molar-refractivity contribution in [1.82, 2.24) is 0 Å². The minimum Gasteiger partial charge on any atom is -0.456 e. The van der Waals surface area contributed by atoms with Crippen LogP contribution >= 0.6 is 11.6 Å². The lowest BCUT2D eigenvalue weighted by molar-refractivity contribution is -0.274. The summed E-state index contributed by atoms with van der Waals surface area (Å²) in [6.07, 6.45) is -9.99. The van der Waals surface area contributed by atoms with Gasteiger partial charge in [-0.3, -0.25) is 4.79 Å². The SMILES string of the molecule is O=C(Cl)c1c(Oc2ccc(OC(F)(F)F)cc2)ccc(C(F)(F)F)c1F. The van der Waals surface area contributed by atoms with Gasteiger partial charge in [0.1, 0.15) is 22.8 Å². The van der Waals surface area contributed by atoms with Gasteiger partial charge < -0.3 is 9.47 Å². The Morgan fingerprint density at radius 1 is 0.885 bits per heavy atom. The van der Waals surface area contributed by atoms with Gasteiger partial charge in [0, 0.05) is 0 Å². The molecule has 0 saturated heterocycles. The van der Waals surface area contributed by atoms with Gasteiger partial charge in [-0.1, -0.05) is 0 Å². The van der Waals surface area contributed by atoms with Crippen molar-refractivity contribution < 1.29 is 45.0 Å². The van der Waals surface area contributed by atoms with Crippen LogP contribution in [0.2, 0.25) is 0 Å². The summed E-state index contributed by atoms with van der Waals surface area (Å²) in [6.45, 7) is 0. The monoisotopic (exact) mass is 402 g/mol. The fourth-order valence-corrected chi connectivity index (χ4v) is 2.06. The Morgan fingerprint density at radius 3 is 1.88 bits per heavy atom. The summed E-state index contributed by atoms with van der Waals surface area (Å²) >= 11 is 5.13. The van der Waals surface area contributed by atoms with Crippen LogP contribution in [0.25, 0.3) is 0 Å². The molecule has 0 heterocycles. The van der Waals surface area contributed by atoms with Gasteiger partial charge in [-0.05, 0) is 48.0 Å². The summed E-state index contributed by atoms with van der Waals surface area (Å²) in [5.41, 5.74) is -2.88. The van der Waals surface area contributed by atoms with Crippen molar-refractivity contribution in [1.29, 1.82) is 0 Å². The van der Waals surface area contributed by atoms with Gasteiger partial charge in [-0.15, -0.1) is 13.2 Å². The Hall–Kier alpha value is -2.49. The first-order valence-corrected chi connectivity index (χ1v) is 6.89. The first kappa shape index (κ1) is 19.8. The fraction of sp³-hybridized carbons (Fsp3) is 0.133. The highest BCUT2D eigenvalue weighted by Crippen LogP contribution is 2.38. The van der Waals surface area contributed by atoms with E-state index in [1.165, 1.54) is 0 Å².